The molecular weight excluding hydrogens is 288 g/mol. The number of carbonyl (C=O) groups excluding carboxylic acids is 2. The molecule has 4 aliphatic rings. The summed E-state index contributed by atoms with van der Waals surface area (Å²) >= 11 is 0. The van der Waals surface area contributed by atoms with Crippen molar-refractivity contribution >= 4 is 12.1 Å². The summed E-state index contributed by atoms with van der Waals surface area (Å²) in [6, 6.07) is 0. The van der Waals surface area contributed by atoms with E-state index in [1.807, 2.05) is 6.08 Å². The van der Waals surface area contributed by atoms with Gasteiger partial charge in [-0.1, -0.05) is 19.4 Å². The van der Waals surface area contributed by atoms with E-state index in [9.17, 15) is 14.7 Å². The highest BCUT2D eigenvalue weighted by atomic mass is 16.3. The maximum atomic E-state index is 11.8. The van der Waals surface area contributed by atoms with E-state index >= 15 is 0 Å². The Kier molecular flexibility index (Phi) is 3.39. The lowest BCUT2D eigenvalue weighted by Crippen LogP contribution is -2.56. The van der Waals surface area contributed by atoms with E-state index in [4.69, 9.17) is 0 Å². The summed E-state index contributed by atoms with van der Waals surface area (Å²) in [5.74, 6) is 1.69. The molecule has 0 heterocycles. The minimum atomic E-state index is -0.344. The van der Waals surface area contributed by atoms with Crippen molar-refractivity contribution in [1.82, 2.24) is 0 Å². The summed E-state index contributed by atoms with van der Waals surface area (Å²) in [7, 11) is 0. The molecule has 0 amide bonds. The van der Waals surface area contributed by atoms with Gasteiger partial charge in [-0.2, -0.15) is 0 Å². The van der Waals surface area contributed by atoms with Crippen molar-refractivity contribution in [2.45, 2.75) is 64.9 Å². The van der Waals surface area contributed by atoms with Crippen molar-refractivity contribution in [2.75, 3.05) is 0 Å². The van der Waals surface area contributed by atoms with Gasteiger partial charge < -0.3 is 9.90 Å². The van der Waals surface area contributed by atoms with Gasteiger partial charge in [-0.15, -0.1) is 0 Å². The number of carbonyl (C=O) groups is 2. The van der Waals surface area contributed by atoms with Gasteiger partial charge in [0.15, 0.2) is 5.78 Å². The van der Waals surface area contributed by atoms with Gasteiger partial charge in [-0.05, 0) is 73.2 Å². The molecule has 3 heteroatoms. The Morgan fingerprint density at radius 3 is 2.74 bits per heavy atom. The van der Waals surface area contributed by atoms with Crippen molar-refractivity contribution in [3.05, 3.63) is 11.6 Å². The van der Waals surface area contributed by atoms with E-state index in [1.165, 1.54) is 5.57 Å². The average molecular weight is 316 g/mol. The van der Waals surface area contributed by atoms with E-state index < -0.39 is 0 Å². The number of rotatable bonds is 1. The van der Waals surface area contributed by atoms with Crippen LogP contribution in [-0.4, -0.2) is 23.3 Å². The van der Waals surface area contributed by atoms with Gasteiger partial charge in [0.05, 0.1) is 6.10 Å². The smallest absolute Gasteiger partial charge is 0.155 e. The van der Waals surface area contributed by atoms with Crippen LogP contribution >= 0.6 is 0 Å². The number of ketones is 1. The van der Waals surface area contributed by atoms with Gasteiger partial charge >= 0.3 is 0 Å². The zero-order valence-corrected chi connectivity index (χ0v) is 14.3. The number of aliphatic hydroxyl groups excluding tert-OH is 1. The molecule has 0 aromatic carbocycles. The minimum absolute atomic E-state index is 0.0170. The zero-order valence-electron chi connectivity index (χ0n) is 14.3. The van der Waals surface area contributed by atoms with E-state index in [2.05, 4.69) is 13.8 Å². The molecule has 4 rings (SSSR count). The summed E-state index contributed by atoms with van der Waals surface area (Å²) in [5.41, 5.74) is 1.24. The van der Waals surface area contributed by atoms with Crippen LogP contribution in [0.4, 0.5) is 0 Å². The second-order valence-electron chi connectivity index (χ2n) is 8.99. The second kappa shape index (κ2) is 5.02. The quantitative estimate of drug-likeness (QED) is 0.755. The highest BCUT2D eigenvalue weighted by Crippen LogP contribution is 2.66. The van der Waals surface area contributed by atoms with Crippen LogP contribution in [0.3, 0.4) is 0 Å². The van der Waals surface area contributed by atoms with Crippen LogP contribution in [0, 0.1) is 34.5 Å². The third kappa shape index (κ3) is 1.98. The number of hydrogen-bond acceptors (Lipinski definition) is 3. The van der Waals surface area contributed by atoms with Crippen molar-refractivity contribution in [1.29, 1.82) is 0 Å². The first-order valence-electron chi connectivity index (χ1n) is 9.27. The van der Waals surface area contributed by atoms with Crippen LogP contribution in [0.5, 0.6) is 0 Å². The minimum Gasteiger partial charge on any atom is -0.393 e. The molecule has 0 radical (unpaired) electrons. The lowest BCUT2D eigenvalue weighted by Gasteiger charge is -2.59. The monoisotopic (exact) mass is 316 g/mol. The maximum Gasteiger partial charge on any atom is 0.155 e. The fourth-order valence-electron chi connectivity index (χ4n) is 6.95. The van der Waals surface area contributed by atoms with Crippen LogP contribution in [0.15, 0.2) is 11.6 Å². The fraction of sp³-hybridized carbons (Fsp3) is 0.800. The molecule has 0 bridgehead atoms. The molecule has 0 saturated heterocycles. The van der Waals surface area contributed by atoms with Gasteiger partial charge in [-0.25, -0.2) is 0 Å². The topological polar surface area (TPSA) is 54.4 Å². The highest BCUT2D eigenvalue weighted by Gasteiger charge is 2.61. The predicted octanol–water partition coefficient (Wildman–Crippen LogP) is 3.30. The van der Waals surface area contributed by atoms with Gasteiger partial charge in [0.25, 0.3) is 0 Å². The number of hydrogen-bond donors (Lipinski definition) is 1. The molecule has 3 saturated carbocycles. The van der Waals surface area contributed by atoms with Crippen LogP contribution in [-0.2, 0) is 9.59 Å². The largest absolute Gasteiger partial charge is 0.393 e. The Morgan fingerprint density at radius 1 is 1.22 bits per heavy atom. The van der Waals surface area contributed by atoms with Gasteiger partial charge in [0.1, 0.15) is 6.29 Å². The summed E-state index contributed by atoms with van der Waals surface area (Å²) < 4.78 is 0. The summed E-state index contributed by atoms with van der Waals surface area (Å²) in [6.45, 7) is 4.52. The van der Waals surface area contributed by atoms with E-state index in [0.29, 0.717) is 18.3 Å². The second-order valence-corrected chi connectivity index (χ2v) is 8.99. The normalized spacial score (nSPS) is 52.2. The Labute approximate surface area is 138 Å². The summed E-state index contributed by atoms with van der Waals surface area (Å²) in [5, 5.41) is 11.1. The lowest BCUT2D eigenvalue weighted by molar-refractivity contribution is -0.138. The Bertz CT molecular complexity index is 579. The van der Waals surface area contributed by atoms with Gasteiger partial charge in [0.2, 0.25) is 0 Å². The van der Waals surface area contributed by atoms with Crippen molar-refractivity contribution in [3.63, 3.8) is 0 Å². The SMILES string of the molecule is C[C@]12C[C@H](O)[C@H]3[C@@H](CCC4=CC(=O)CC[C@@]43C)[C@@H]1CC[C@H]2C=O. The van der Waals surface area contributed by atoms with E-state index in [-0.39, 0.29) is 34.6 Å². The molecule has 3 fully saturated rings. The lowest BCUT2D eigenvalue weighted by atomic mass is 9.46. The predicted molar refractivity (Wildman–Crippen MR) is 87.7 cm³/mol. The summed E-state index contributed by atoms with van der Waals surface area (Å²) in [6.07, 6.45) is 9.11. The average Bonchev–Trinajstić information content (AvgIpc) is 2.83. The van der Waals surface area contributed by atoms with Crippen molar-refractivity contribution < 1.29 is 14.7 Å². The number of allylic oxidation sites excluding steroid dienone is 1. The van der Waals surface area contributed by atoms with Crippen LogP contribution in [0.25, 0.3) is 0 Å². The Hall–Kier alpha value is -0.960. The van der Waals surface area contributed by atoms with Crippen LogP contribution in [0.1, 0.15) is 58.8 Å². The molecule has 3 nitrogen and oxygen atoms in total. The standard InChI is InChI=1S/C20H28O3/c1-19-8-7-14(22)9-12(19)3-5-15-16-6-4-13(11-21)20(16,2)10-17(23)18(15)19/h9,11,13,15-18,23H,3-8,10H2,1-2H3/t13-,15-,16-,17-,18+,19-,20+/m0/s1. The molecule has 0 aliphatic heterocycles. The fourth-order valence-corrected chi connectivity index (χ4v) is 6.95. The third-order valence-corrected chi connectivity index (χ3v) is 8.13. The molecule has 0 unspecified atom stereocenters. The first kappa shape index (κ1) is 15.6. The van der Waals surface area contributed by atoms with Gasteiger partial charge in [-0.3, -0.25) is 4.79 Å². The molecule has 4 aliphatic carbocycles. The van der Waals surface area contributed by atoms with Crippen molar-refractivity contribution in [3.8, 4) is 0 Å². The van der Waals surface area contributed by atoms with E-state index in [1.54, 1.807) is 0 Å². The molecular formula is C20H28O3. The Balaban J connectivity index is 1.73. The number of aliphatic hydroxyl groups is 1. The van der Waals surface area contributed by atoms with E-state index in [0.717, 1.165) is 44.8 Å². The Morgan fingerprint density at radius 2 is 2.00 bits per heavy atom. The molecule has 7 atom stereocenters. The molecule has 0 aromatic rings. The number of fused-ring (bicyclic) bond motifs is 5. The van der Waals surface area contributed by atoms with Gasteiger partial charge in [0, 0.05) is 12.3 Å². The third-order valence-electron chi connectivity index (χ3n) is 8.13. The molecule has 0 spiro atoms. The molecule has 126 valence electrons. The van der Waals surface area contributed by atoms with Crippen LogP contribution in [0.2, 0.25) is 0 Å². The molecule has 0 aromatic heterocycles. The van der Waals surface area contributed by atoms with Crippen molar-refractivity contribution in [2.24, 2.45) is 34.5 Å². The summed E-state index contributed by atoms with van der Waals surface area (Å²) in [4.78, 5) is 23.4. The maximum absolute atomic E-state index is 11.8. The molecule has 1 N–H and O–H groups in total. The zero-order chi connectivity index (χ0) is 16.4. The highest BCUT2D eigenvalue weighted by molar-refractivity contribution is 5.91. The van der Waals surface area contributed by atoms with Crippen LogP contribution < -0.4 is 0 Å². The first-order valence-corrected chi connectivity index (χ1v) is 9.27. The molecule has 23 heavy (non-hydrogen) atoms. The first-order chi connectivity index (χ1) is 10.9. The number of aldehydes is 1.